The smallest absolute Gasteiger partial charge is 0.219 e. The van der Waals surface area contributed by atoms with E-state index in [1.54, 1.807) is 13.8 Å². The standard InChI is InChI=1S/C16H28N2O.C7H15NO.C4H8.C3H4.C2H6/c1-5-7-8-9-12-17-16(19)18-13-15(6-2)11-10-14(3)4;1-4-6-8(5-2)7(3)9;1-3-4-2;1-3-2;1-2/h6,8-11,16-19H,3,5,7,12-13H2,1-2,4H3;4-6H2,1-3H3;3H,1,4H2,2H3;1H,2H3;1-2H3/b9-8?,11-10-,15-6+;;;;. The summed E-state index contributed by atoms with van der Waals surface area (Å²) in [5.41, 5.74) is 2.13. The fourth-order valence-corrected chi connectivity index (χ4v) is 2.15. The van der Waals surface area contributed by atoms with Crippen molar-refractivity contribution in [3.8, 4) is 12.3 Å². The Morgan fingerprint density at radius 1 is 1.08 bits per heavy atom. The fraction of sp³-hybridized carbons (Fsp3) is 0.594. The second-order valence-corrected chi connectivity index (χ2v) is 7.58. The molecule has 1 unspecified atom stereocenters. The van der Waals surface area contributed by atoms with Gasteiger partial charge in [-0.2, -0.15) is 0 Å². The van der Waals surface area contributed by atoms with Gasteiger partial charge in [-0.3, -0.25) is 15.4 Å². The minimum atomic E-state index is -0.695. The quantitative estimate of drug-likeness (QED) is 0.0969. The number of nitrogens with one attached hydrogen (secondary N) is 2. The van der Waals surface area contributed by atoms with Crippen LogP contribution in [0.4, 0.5) is 0 Å². The highest BCUT2D eigenvalue weighted by Gasteiger charge is 2.02. The Hall–Kier alpha value is -2.39. The van der Waals surface area contributed by atoms with Gasteiger partial charge in [0.2, 0.25) is 5.91 Å². The van der Waals surface area contributed by atoms with E-state index in [4.69, 9.17) is 0 Å². The molecule has 0 bridgehead atoms. The summed E-state index contributed by atoms with van der Waals surface area (Å²) < 4.78 is 0. The Kier molecular flexibility index (Phi) is 49.1. The van der Waals surface area contributed by atoms with Crippen molar-refractivity contribution in [1.82, 2.24) is 15.5 Å². The number of aliphatic hydroxyl groups excluding tert-OH is 1. The largest absolute Gasteiger partial charge is 0.365 e. The highest BCUT2D eigenvalue weighted by atomic mass is 16.3. The molecule has 5 heteroatoms. The lowest BCUT2D eigenvalue weighted by molar-refractivity contribution is -0.128. The second-order valence-electron chi connectivity index (χ2n) is 7.58. The Morgan fingerprint density at radius 2 is 1.62 bits per heavy atom. The van der Waals surface area contributed by atoms with Gasteiger partial charge in [0.05, 0.1) is 0 Å². The zero-order chi connectivity index (χ0) is 29.9. The van der Waals surface area contributed by atoms with Crippen LogP contribution in [0.15, 0.2) is 60.8 Å². The van der Waals surface area contributed by atoms with Crippen molar-refractivity contribution in [2.24, 2.45) is 0 Å². The third-order valence-electron chi connectivity index (χ3n) is 4.11. The monoisotopic (exact) mass is 519 g/mol. The number of carbonyl (C=O) groups excluding carboxylic acids is 1. The predicted octanol–water partition coefficient (Wildman–Crippen LogP) is 7.39. The Balaban J connectivity index is -0.000000156. The summed E-state index contributed by atoms with van der Waals surface area (Å²) in [6, 6.07) is 0. The van der Waals surface area contributed by atoms with Crippen LogP contribution in [0.2, 0.25) is 0 Å². The van der Waals surface area contributed by atoms with Crippen LogP contribution in [-0.4, -0.2) is 48.4 Å². The molecule has 0 saturated heterocycles. The van der Waals surface area contributed by atoms with E-state index < -0.39 is 6.35 Å². The van der Waals surface area contributed by atoms with Gasteiger partial charge < -0.3 is 10.0 Å². The van der Waals surface area contributed by atoms with Crippen molar-refractivity contribution in [3.05, 3.63) is 60.8 Å². The summed E-state index contributed by atoms with van der Waals surface area (Å²) in [6.45, 7) is 29.8. The number of unbranched alkanes of at least 4 members (excludes halogenated alkanes) is 1. The number of aliphatic hydroxyl groups is 1. The van der Waals surface area contributed by atoms with Gasteiger partial charge in [-0.05, 0) is 52.5 Å². The normalized spacial score (nSPS) is 10.7. The van der Waals surface area contributed by atoms with Crippen molar-refractivity contribution in [1.29, 1.82) is 0 Å². The Morgan fingerprint density at radius 3 is 1.95 bits per heavy atom. The molecule has 0 saturated carbocycles. The van der Waals surface area contributed by atoms with Crippen molar-refractivity contribution in [3.63, 3.8) is 0 Å². The Bertz CT molecular complexity index is 628. The minimum Gasteiger partial charge on any atom is -0.365 e. The zero-order valence-electron chi connectivity index (χ0n) is 26.0. The van der Waals surface area contributed by atoms with E-state index in [-0.39, 0.29) is 5.91 Å². The number of amides is 1. The average molecular weight is 520 g/mol. The highest BCUT2D eigenvalue weighted by Crippen LogP contribution is 1.99. The van der Waals surface area contributed by atoms with Crippen LogP contribution in [0.5, 0.6) is 0 Å². The van der Waals surface area contributed by atoms with Crippen molar-refractivity contribution in [2.75, 3.05) is 26.2 Å². The molecule has 0 aromatic carbocycles. The topological polar surface area (TPSA) is 64.6 Å². The first-order chi connectivity index (χ1) is 17.6. The van der Waals surface area contributed by atoms with Gasteiger partial charge in [-0.1, -0.05) is 89.6 Å². The predicted molar refractivity (Wildman–Crippen MR) is 168 cm³/mol. The molecule has 216 valence electrons. The molecule has 0 aromatic heterocycles. The van der Waals surface area contributed by atoms with Crippen LogP contribution >= 0.6 is 0 Å². The van der Waals surface area contributed by atoms with E-state index in [0.717, 1.165) is 49.9 Å². The van der Waals surface area contributed by atoms with E-state index in [1.165, 1.54) is 0 Å². The third-order valence-corrected chi connectivity index (χ3v) is 4.11. The van der Waals surface area contributed by atoms with Crippen LogP contribution in [0.1, 0.15) is 94.9 Å². The summed E-state index contributed by atoms with van der Waals surface area (Å²) in [4.78, 5) is 12.5. The molecule has 0 spiro atoms. The van der Waals surface area contributed by atoms with Gasteiger partial charge in [0.1, 0.15) is 0 Å². The van der Waals surface area contributed by atoms with Gasteiger partial charge in [0.15, 0.2) is 6.35 Å². The maximum Gasteiger partial charge on any atom is 0.219 e. The molecule has 5 nitrogen and oxygen atoms in total. The molecular formula is C32H61N3O2. The highest BCUT2D eigenvalue weighted by molar-refractivity contribution is 5.73. The summed E-state index contributed by atoms with van der Waals surface area (Å²) in [5, 5.41) is 15.7. The molecule has 0 aliphatic heterocycles. The molecule has 37 heavy (non-hydrogen) atoms. The molecule has 0 heterocycles. The summed E-state index contributed by atoms with van der Waals surface area (Å²) in [5.74, 6) is 2.43. The number of rotatable bonds is 14. The van der Waals surface area contributed by atoms with Gasteiger partial charge in [-0.15, -0.1) is 18.9 Å². The number of hydrogen-bond donors (Lipinski definition) is 3. The van der Waals surface area contributed by atoms with E-state index in [1.807, 2.05) is 69.9 Å². The first-order valence-corrected chi connectivity index (χ1v) is 13.7. The molecule has 0 aliphatic carbocycles. The zero-order valence-corrected chi connectivity index (χ0v) is 26.0. The maximum absolute atomic E-state index is 10.7. The van der Waals surface area contributed by atoms with Crippen LogP contribution in [0.25, 0.3) is 0 Å². The van der Waals surface area contributed by atoms with Crippen LogP contribution in [-0.2, 0) is 4.79 Å². The first kappa shape index (κ1) is 44.6. The van der Waals surface area contributed by atoms with E-state index in [2.05, 4.69) is 63.0 Å². The molecule has 1 atom stereocenters. The lowest BCUT2D eigenvalue weighted by Gasteiger charge is -2.16. The van der Waals surface area contributed by atoms with Crippen molar-refractivity contribution in [2.45, 2.75) is 101 Å². The van der Waals surface area contributed by atoms with Crippen molar-refractivity contribution >= 4 is 5.91 Å². The van der Waals surface area contributed by atoms with Crippen molar-refractivity contribution < 1.29 is 9.90 Å². The SMILES string of the molecule is C#CC.C=C(C)/C=C\C(=C/C)CNC(O)NCC=CCCC.C=CCC.CC.CCCN(CC)C(C)=O. The molecule has 0 aliphatic rings. The van der Waals surface area contributed by atoms with Gasteiger partial charge in [0, 0.05) is 33.1 Å². The second kappa shape index (κ2) is 40.8. The summed E-state index contributed by atoms with van der Waals surface area (Å²) >= 11 is 0. The molecule has 0 aromatic rings. The molecule has 3 N–H and O–H groups in total. The number of terminal acetylenes is 1. The number of nitrogens with zero attached hydrogens (tertiary/aromatic N) is 1. The van der Waals surface area contributed by atoms with E-state index in [9.17, 15) is 9.90 Å². The molecule has 0 radical (unpaired) electrons. The van der Waals surface area contributed by atoms with Crippen LogP contribution < -0.4 is 10.6 Å². The number of allylic oxidation sites excluding steroid dienone is 5. The Labute approximate surface area is 231 Å². The number of carbonyl (C=O) groups is 1. The molecule has 1 amide bonds. The number of hydrogen-bond acceptors (Lipinski definition) is 4. The molecule has 0 fully saturated rings. The minimum absolute atomic E-state index is 0.180. The van der Waals surface area contributed by atoms with Gasteiger partial charge in [-0.25, -0.2) is 0 Å². The fourth-order valence-electron chi connectivity index (χ4n) is 2.15. The van der Waals surface area contributed by atoms with E-state index in [0.29, 0.717) is 13.1 Å². The molecule has 0 rings (SSSR count). The molecular weight excluding hydrogens is 458 g/mol. The maximum atomic E-state index is 10.7. The van der Waals surface area contributed by atoms with E-state index >= 15 is 0 Å². The van der Waals surface area contributed by atoms with Gasteiger partial charge in [0.25, 0.3) is 0 Å². The van der Waals surface area contributed by atoms with Crippen LogP contribution in [0, 0.1) is 12.3 Å². The third kappa shape index (κ3) is 47.4. The van der Waals surface area contributed by atoms with Gasteiger partial charge >= 0.3 is 0 Å². The first-order valence-electron chi connectivity index (χ1n) is 13.7. The summed E-state index contributed by atoms with van der Waals surface area (Å²) in [6.07, 6.45) is 20.3. The summed E-state index contributed by atoms with van der Waals surface area (Å²) in [7, 11) is 0. The lowest BCUT2D eigenvalue weighted by atomic mass is 10.2. The van der Waals surface area contributed by atoms with Crippen LogP contribution in [0.3, 0.4) is 0 Å². The average Bonchev–Trinajstić information content (AvgIpc) is 2.89. The lowest BCUT2D eigenvalue weighted by Crippen LogP contribution is -2.42.